The number of carbonyl (C=O) groups is 1. The first-order valence-electron chi connectivity index (χ1n) is 8.97. The van der Waals surface area contributed by atoms with E-state index >= 15 is 0 Å². The molecule has 2 fully saturated rings. The van der Waals surface area contributed by atoms with Crippen molar-refractivity contribution in [2.24, 2.45) is 0 Å². The van der Waals surface area contributed by atoms with Gasteiger partial charge >= 0.3 is 0 Å². The highest BCUT2D eigenvalue weighted by Crippen LogP contribution is 2.32. The Hall–Kier alpha value is -1.11. The van der Waals surface area contributed by atoms with Crippen molar-refractivity contribution in [1.29, 1.82) is 0 Å². The average Bonchev–Trinajstić information content (AvgIpc) is 2.98. The minimum atomic E-state index is 0. The maximum absolute atomic E-state index is 12.5. The first-order valence-corrected chi connectivity index (χ1v) is 9.95. The lowest BCUT2D eigenvalue weighted by Crippen LogP contribution is -2.48. The fraction of sp³-hybridized carbons (Fsp3) is 0.632. The first-order chi connectivity index (χ1) is 12.1. The van der Waals surface area contributed by atoms with E-state index in [1.54, 1.807) is 26.0 Å². The number of nitrogens with zero attached hydrogens (tertiary/aromatic N) is 1. The molecule has 2 atom stereocenters. The zero-order valence-corrected chi connectivity index (χ0v) is 17.3. The molecule has 0 radical (unpaired) electrons. The Morgan fingerprint density at radius 2 is 1.85 bits per heavy atom. The van der Waals surface area contributed by atoms with Gasteiger partial charge in [0.05, 0.1) is 14.2 Å². The van der Waals surface area contributed by atoms with Crippen LogP contribution in [0.4, 0.5) is 0 Å². The molecular formula is C19H29ClN2O3S. The minimum absolute atomic E-state index is 0. The van der Waals surface area contributed by atoms with Crippen LogP contribution in [0.15, 0.2) is 23.1 Å². The number of amides is 1. The predicted molar refractivity (Wildman–Crippen MR) is 108 cm³/mol. The second-order valence-corrected chi connectivity index (χ2v) is 8.05. The van der Waals surface area contributed by atoms with Gasteiger partial charge in [0.2, 0.25) is 5.91 Å². The third-order valence-electron chi connectivity index (χ3n) is 5.33. The van der Waals surface area contributed by atoms with E-state index in [0.717, 1.165) is 35.0 Å². The molecule has 1 amide bonds. The Morgan fingerprint density at radius 3 is 2.46 bits per heavy atom. The summed E-state index contributed by atoms with van der Waals surface area (Å²) in [5.41, 5.74) is 0. The van der Waals surface area contributed by atoms with Crippen LogP contribution in [0.3, 0.4) is 0 Å². The Bertz CT molecular complexity index is 604. The minimum Gasteiger partial charge on any atom is -0.493 e. The maximum Gasteiger partial charge on any atom is 0.223 e. The normalized spacial score (nSPS) is 23.9. The van der Waals surface area contributed by atoms with Gasteiger partial charge in [-0.25, -0.2) is 0 Å². The fourth-order valence-electron chi connectivity index (χ4n) is 3.89. The topological polar surface area (TPSA) is 50.8 Å². The second-order valence-electron chi connectivity index (χ2n) is 6.88. The van der Waals surface area contributed by atoms with E-state index in [-0.39, 0.29) is 18.3 Å². The summed E-state index contributed by atoms with van der Waals surface area (Å²) in [4.78, 5) is 15.6. The SMILES string of the molecule is COc1ccc(SCCC(=O)N(C)C2CC3CCC(C2)N3)cc1OC.Cl. The van der Waals surface area contributed by atoms with Crippen LogP contribution in [0.25, 0.3) is 0 Å². The zero-order valence-electron chi connectivity index (χ0n) is 15.7. The summed E-state index contributed by atoms with van der Waals surface area (Å²) in [6, 6.07) is 7.49. The van der Waals surface area contributed by atoms with Crippen molar-refractivity contribution in [3.05, 3.63) is 18.2 Å². The van der Waals surface area contributed by atoms with Crippen LogP contribution in [0, 0.1) is 0 Å². The van der Waals surface area contributed by atoms with E-state index in [2.05, 4.69) is 5.32 Å². The molecule has 0 aromatic heterocycles. The third kappa shape index (κ3) is 4.99. The van der Waals surface area contributed by atoms with Crippen molar-refractivity contribution >= 4 is 30.1 Å². The molecule has 146 valence electrons. The van der Waals surface area contributed by atoms with Gasteiger partial charge < -0.3 is 19.7 Å². The van der Waals surface area contributed by atoms with E-state index < -0.39 is 0 Å². The molecule has 1 aromatic carbocycles. The Labute approximate surface area is 166 Å². The highest BCUT2D eigenvalue weighted by molar-refractivity contribution is 7.99. The lowest BCUT2D eigenvalue weighted by Gasteiger charge is -2.35. The molecule has 2 aliphatic heterocycles. The van der Waals surface area contributed by atoms with Crippen molar-refractivity contribution in [3.8, 4) is 11.5 Å². The van der Waals surface area contributed by atoms with Crippen molar-refractivity contribution < 1.29 is 14.3 Å². The summed E-state index contributed by atoms with van der Waals surface area (Å²) >= 11 is 1.68. The van der Waals surface area contributed by atoms with Gasteiger partial charge in [-0.15, -0.1) is 24.2 Å². The largest absolute Gasteiger partial charge is 0.493 e. The molecule has 3 rings (SSSR count). The Kier molecular flexibility index (Phi) is 7.92. The molecular weight excluding hydrogens is 372 g/mol. The van der Waals surface area contributed by atoms with E-state index in [4.69, 9.17) is 9.47 Å². The molecule has 0 spiro atoms. The van der Waals surface area contributed by atoms with E-state index in [9.17, 15) is 4.79 Å². The summed E-state index contributed by atoms with van der Waals surface area (Å²) in [7, 11) is 5.24. The summed E-state index contributed by atoms with van der Waals surface area (Å²) in [5.74, 6) is 2.47. The second kappa shape index (κ2) is 9.72. The van der Waals surface area contributed by atoms with E-state index in [0.29, 0.717) is 24.5 Å². The average molecular weight is 401 g/mol. The van der Waals surface area contributed by atoms with Gasteiger partial charge in [-0.3, -0.25) is 4.79 Å². The molecule has 2 unspecified atom stereocenters. The van der Waals surface area contributed by atoms with Gasteiger partial charge in [0, 0.05) is 42.2 Å². The number of piperidine rings is 1. The number of halogens is 1. The number of methoxy groups -OCH3 is 2. The quantitative estimate of drug-likeness (QED) is 0.711. The van der Waals surface area contributed by atoms with Crippen LogP contribution in [-0.4, -0.2) is 56.0 Å². The molecule has 2 heterocycles. The van der Waals surface area contributed by atoms with Gasteiger partial charge in [0.1, 0.15) is 0 Å². The van der Waals surface area contributed by atoms with Crippen LogP contribution in [-0.2, 0) is 4.79 Å². The Morgan fingerprint density at radius 1 is 1.19 bits per heavy atom. The van der Waals surface area contributed by atoms with Gasteiger partial charge in [-0.1, -0.05) is 0 Å². The van der Waals surface area contributed by atoms with Crippen LogP contribution >= 0.6 is 24.2 Å². The highest BCUT2D eigenvalue weighted by atomic mass is 35.5. The maximum atomic E-state index is 12.5. The van der Waals surface area contributed by atoms with Gasteiger partial charge in [0.15, 0.2) is 11.5 Å². The number of fused-ring (bicyclic) bond motifs is 2. The molecule has 2 saturated heterocycles. The number of hydrogen-bond acceptors (Lipinski definition) is 5. The van der Waals surface area contributed by atoms with Crippen LogP contribution in [0.1, 0.15) is 32.1 Å². The fourth-order valence-corrected chi connectivity index (χ4v) is 4.75. The van der Waals surface area contributed by atoms with Gasteiger partial charge in [-0.05, 0) is 43.9 Å². The van der Waals surface area contributed by atoms with Crippen LogP contribution < -0.4 is 14.8 Å². The Balaban J connectivity index is 0.00000243. The molecule has 1 N–H and O–H groups in total. The van der Waals surface area contributed by atoms with Crippen molar-refractivity contribution in [1.82, 2.24) is 10.2 Å². The lowest BCUT2D eigenvalue weighted by atomic mass is 9.98. The van der Waals surface area contributed by atoms with Gasteiger partial charge in [-0.2, -0.15) is 0 Å². The summed E-state index contributed by atoms with van der Waals surface area (Å²) in [6.45, 7) is 0. The smallest absolute Gasteiger partial charge is 0.223 e. The third-order valence-corrected chi connectivity index (χ3v) is 6.32. The van der Waals surface area contributed by atoms with Crippen molar-refractivity contribution in [2.75, 3.05) is 27.0 Å². The molecule has 0 saturated carbocycles. The monoisotopic (exact) mass is 400 g/mol. The standard InChI is InChI=1S/C19H28N2O3S.ClH/c1-21(15-10-13-4-5-14(11-15)20-13)19(22)8-9-25-16-6-7-17(23-2)18(12-16)24-3;/h6-7,12-15,20H,4-5,8-11H2,1-3H3;1H. The molecule has 5 nitrogen and oxygen atoms in total. The summed E-state index contributed by atoms with van der Waals surface area (Å²) in [6.07, 6.45) is 5.29. The predicted octanol–water partition coefficient (Wildman–Crippen LogP) is 3.35. The lowest BCUT2D eigenvalue weighted by molar-refractivity contribution is -0.132. The summed E-state index contributed by atoms with van der Waals surface area (Å²) in [5, 5.41) is 3.63. The van der Waals surface area contributed by atoms with Crippen molar-refractivity contribution in [3.63, 3.8) is 0 Å². The number of rotatable bonds is 7. The van der Waals surface area contributed by atoms with Gasteiger partial charge in [0.25, 0.3) is 0 Å². The molecule has 7 heteroatoms. The van der Waals surface area contributed by atoms with E-state index in [1.165, 1.54) is 12.8 Å². The number of benzene rings is 1. The van der Waals surface area contributed by atoms with Crippen molar-refractivity contribution in [2.45, 2.75) is 55.1 Å². The zero-order chi connectivity index (χ0) is 17.8. The molecule has 26 heavy (non-hydrogen) atoms. The number of hydrogen-bond donors (Lipinski definition) is 1. The van der Waals surface area contributed by atoms with Crippen LogP contribution in [0.5, 0.6) is 11.5 Å². The number of carbonyl (C=O) groups excluding carboxylic acids is 1. The molecule has 2 aliphatic rings. The summed E-state index contributed by atoms with van der Waals surface area (Å²) < 4.78 is 10.6. The van der Waals surface area contributed by atoms with Crippen LogP contribution in [0.2, 0.25) is 0 Å². The molecule has 2 bridgehead atoms. The number of thioether (sulfide) groups is 1. The molecule has 1 aromatic rings. The highest BCUT2D eigenvalue weighted by Gasteiger charge is 2.36. The first kappa shape index (κ1) is 21.2. The van der Waals surface area contributed by atoms with E-state index in [1.807, 2.05) is 30.1 Å². The number of nitrogens with one attached hydrogen (secondary N) is 1. The molecule has 0 aliphatic carbocycles. The number of ether oxygens (including phenoxy) is 2.